The topological polar surface area (TPSA) is 52.6 Å². The summed E-state index contributed by atoms with van der Waals surface area (Å²) >= 11 is 0. The van der Waals surface area contributed by atoms with Crippen molar-refractivity contribution in [2.24, 2.45) is 40.4 Å². The Morgan fingerprint density at radius 2 is 2.00 bits per heavy atom. The summed E-state index contributed by atoms with van der Waals surface area (Å²) in [7, 11) is 0. The first-order chi connectivity index (χ1) is 15.6. The summed E-state index contributed by atoms with van der Waals surface area (Å²) in [4.78, 5) is 23.2. The highest BCUT2D eigenvalue weighted by molar-refractivity contribution is 5.91. The van der Waals surface area contributed by atoms with Crippen molar-refractivity contribution in [1.82, 2.24) is 0 Å². The van der Waals surface area contributed by atoms with Gasteiger partial charge in [0.2, 0.25) is 0 Å². The van der Waals surface area contributed by atoms with Crippen LogP contribution < -0.4 is 0 Å². The number of esters is 1. The van der Waals surface area contributed by atoms with Gasteiger partial charge in [0.1, 0.15) is 6.10 Å². The van der Waals surface area contributed by atoms with Gasteiger partial charge in [0.05, 0.1) is 12.4 Å². The lowest BCUT2D eigenvalue weighted by atomic mass is 9.46. The largest absolute Gasteiger partial charge is 0.494 e. The number of carbonyl (C=O) groups is 2. The molecule has 5 rings (SSSR count). The molecule has 0 unspecified atom stereocenters. The zero-order valence-corrected chi connectivity index (χ0v) is 21.2. The molecule has 3 fully saturated rings. The number of hydrogen-bond donors (Lipinski definition) is 0. The van der Waals surface area contributed by atoms with Crippen molar-refractivity contribution in [3.05, 3.63) is 23.0 Å². The number of fused-ring (bicyclic) bond motifs is 7. The van der Waals surface area contributed by atoms with Crippen LogP contribution >= 0.6 is 0 Å². The highest BCUT2D eigenvalue weighted by Crippen LogP contribution is 2.69. The van der Waals surface area contributed by atoms with Crippen LogP contribution in [0.5, 0.6) is 0 Å². The summed E-state index contributed by atoms with van der Waals surface area (Å²) in [6.45, 7) is 11.5. The molecule has 33 heavy (non-hydrogen) atoms. The fourth-order valence-corrected chi connectivity index (χ4v) is 8.86. The van der Waals surface area contributed by atoms with Crippen molar-refractivity contribution in [1.29, 1.82) is 0 Å². The second kappa shape index (κ2) is 8.27. The zero-order chi connectivity index (χ0) is 23.5. The molecule has 0 spiro atoms. The highest BCUT2D eigenvalue weighted by Gasteiger charge is 2.63. The van der Waals surface area contributed by atoms with E-state index in [0.717, 1.165) is 49.9 Å². The summed E-state index contributed by atoms with van der Waals surface area (Å²) < 4.78 is 11.9. The van der Waals surface area contributed by atoms with Crippen molar-refractivity contribution >= 4 is 11.8 Å². The summed E-state index contributed by atoms with van der Waals surface area (Å²) in [5, 5.41) is 0. The second-order valence-corrected chi connectivity index (χ2v) is 12.4. The lowest BCUT2D eigenvalue weighted by Crippen LogP contribution is -2.50. The van der Waals surface area contributed by atoms with E-state index in [2.05, 4.69) is 27.7 Å². The van der Waals surface area contributed by atoms with Crippen molar-refractivity contribution < 1.29 is 19.1 Å². The molecule has 4 heteroatoms. The highest BCUT2D eigenvalue weighted by atomic mass is 16.5. The van der Waals surface area contributed by atoms with E-state index in [-0.39, 0.29) is 11.4 Å². The third-order valence-corrected chi connectivity index (χ3v) is 10.6. The van der Waals surface area contributed by atoms with Crippen molar-refractivity contribution in [2.75, 3.05) is 6.61 Å². The SMILES string of the molecule is CC(=O)OC[C@H](C)CCC1=C(C)[C@H]2[C@H](C[C@H]3[C@@H]4CCC5=CC(=O)CC[C@]5(C)[C@H]4CC[C@@]32C)O1. The molecule has 0 aromatic carbocycles. The Morgan fingerprint density at radius 1 is 1.21 bits per heavy atom. The predicted molar refractivity (Wildman–Crippen MR) is 128 cm³/mol. The summed E-state index contributed by atoms with van der Waals surface area (Å²) in [5.74, 6) is 4.51. The smallest absolute Gasteiger partial charge is 0.302 e. The molecule has 0 amide bonds. The van der Waals surface area contributed by atoms with Crippen LogP contribution in [0.3, 0.4) is 0 Å². The van der Waals surface area contributed by atoms with Gasteiger partial charge >= 0.3 is 5.97 Å². The molecule has 0 bridgehead atoms. The standard InChI is InChI=1S/C29H42O4/c1-17(16-32-19(3)30)6-9-25-18(2)27-26(33-25)15-24-22-8-7-20-14-21(31)10-12-28(20,4)23(22)11-13-29(24,27)5/h14,17,22-24,26-27H,6-13,15-16H2,1-5H3/t17-,22-,23+,24+,26+,27+,28+,29+/m1/s1. The molecule has 1 heterocycles. The quantitative estimate of drug-likeness (QED) is 0.451. The summed E-state index contributed by atoms with van der Waals surface area (Å²) in [6, 6.07) is 0. The van der Waals surface area contributed by atoms with E-state index in [4.69, 9.17) is 9.47 Å². The van der Waals surface area contributed by atoms with E-state index >= 15 is 0 Å². The number of hydrogen-bond acceptors (Lipinski definition) is 4. The van der Waals surface area contributed by atoms with Crippen molar-refractivity contribution in [3.8, 4) is 0 Å². The van der Waals surface area contributed by atoms with Gasteiger partial charge in [-0.15, -0.1) is 0 Å². The van der Waals surface area contributed by atoms with Crippen LogP contribution in [0.2, 0.25) is 0 Å². The average Bonchev–Trinajstić information content (AvgIpc) is 3.24. The Morgan fingerprint density at radius 3 is 2.76 bits per heavy atom. The minimum atomic E-state index is -0.197. The van der Waals surface area contributed by atoms with E-state index in [1.807, 2.05) is 6.08 Å². The van der Waals surface area contributed by atoms with E-state index in [0.29, 0.717) is 35.7 Å². The predicted octanol–water partition coefficient (Wildman–Crippen LogP) is 6.40. The Balaban J connectivity index is 1.31. The average molecular weight is 455 g/mol. The zero-order valence-electron chi connectivity index (χ0n) is 21.2. The van der Waals surface area contributed by atoms with Crippen LogP contribution in [-0.2, 0) is 19.1 Å². The number of rotatable bonds is 5. The van der Waals surface area contributed by atoms with Crippen LogP contribution in [0.15, 0.2) is 23.0 Å². The van der Waals surface area contributed by atoms with E-state index in [9.17, 15) is 9.59 Å². The Hall–Kier alpha value is -1.58. The molecular formula is C29H42O4. The first-order valence-corrected chi connectivity index (χ1v) is 13.4. The molecule has 4 nitrogen and oxygen atoms in total. The minimum absolute atomic E-state index is 0.197. The van der Waals surface area contributed by atoms with Crippen molar-refractivity contribution in [2.45, 2.75) is 98.5 Å². The Labute approximate surface area is 199 Å². The van der Waals surface area contributed by atoms with E-state index in [1.54, 1.807) is 0 Å². The molecule has 0 saturated heterocycles. The van der Waals surface area contributed by atoms with E-state index in [1.165, 1.54) is 49.5 Å². The molecule has 1 aliphatic heterocycles. The molecule has 0 radical (unpaired) electrons. The fraction of sp³-hybridized carbons (Fsp3) is 0.793. The lowest BCUT2D eigenvalue weighted by Gasteiger charge is -2.58. The number of ketones is 1. The van der Waals surface area contributed by atoms with Gasteiger partial charge in [0, 0.05) is 25.7 Å². The van der Waals surface area contributed by atoms with Gasteiger partial charge in [0.25, 0.3) is 0 Å². The first-order valence-electron chi connectivity index (χ1n) is 13.4. The van der Waals surface area contributed by atoms with Crippen molar-refractivity contribution in [3.63, 3.8) is 0 Å². The number of carbonyl (C=O) groups excluding carboxylic acids is 2. The van der Waals surface area contributed by atoms with Gasteiger partial charge in [-0.25, -0.2) is 0 Å². The maximum Gasteiger partial charge on any atom is 0.302 e. The normalized spacial score (nSPS) is 42.5. The third-order valence-electron chi connectivity index (χ3n) is 10.6. The van der Waals surface area contributed by atoms with Crippen LogP contribution in [0.25, 0.3) is 0 Å². The molecule has 0 aromatic rings. The summed E-state index contributed by atoms with van der Waals surface area (Å²) in [5.41, 5.74) is 3.53. The maximum atomic E-state index is 12.1. The van der Waals surface area contributed by atoms with Gasteiger partial charge in [0.15, 0.2) is 5.78 Å². The summed E-state index contributed by atoms with van der Waals surface area (Å²) in [6.07, 6.45) is 12.2. The van der Waals surface area contributed by atoms with Gasteiger partial charge in [-0.3, -0.25) is 9.59 Å². The maximum absolute atomic E-state index is 12.1. The first kappa shape index (κ1) is 23.2. The van der Waals surface area contributed by atoms with Crippen LogP contribution in [0, 0.1) is 40.4 Å². The molecule has 5 aliphatic rings. The monoisotopic (exact) mass is 454 g/mol. The molecule has 3 saturated carbocycles. The minimum Gasteiger partial charge on any atom is -0.494 e. The number of allylic oxidation sites excluding steroid dienone is 2. The van der Waals surface area contributed by atoms with Gasteiger partial charge in [-0.2, -0.15) is 0 Å². The molecule has 182 valence electrons. The Bertz CT molecular complexity index is 899. The third kappa shape index (κ3) is 3.71. The van der Waals surface area contributed by atoms with Crippen LogP contribution in [0.4, 0.5) is 0 Å². The molecule has 4 aliphatic carbocycles. The Kier molecular flexibility index (Phi) is 5.81. The van der Waals surface area contributed by atoms with Gasteiger partial charge < -0.3 is 9.47 Å². The number of ether oxygens (including phenoxy) is 2. The lowest BCUT2D eigenvalue weighted by molar-refractivity contribution is -0.142. The second-order valence-electron chi connectivity index (χ2n) is 12.4. The van der Waals surface area contributed by atoms with Gasteiger partial charge in [-0.1, -0.05) is 26.3 Å². The molecular weight excluding hydrogens is 412 g/mol. The molecule has 0 N–H and O–H groups in total. The fourth-order valence-electron chi connectivity index (χ4n) is 8.86. The molecule has 8 atom stereocenters. The van der Waals surface area contributed by atoms with Gasteiger partial charge in [-0.05, 0) is 98.0 Å². The van der Waals surface area contributed by atoms with Crippen LogP contribution in [0.1, 0.15) is 92.4 Å². The van der Waals surface area contributed by atoms with Crippen LogP contribution in [-0.4, -0.2) is 24.5 Å². The van der Waals surface area contributed by atoms with E-state index < -0.39 is 0 Å². The molecule has 0 aromatic heterocycles.